The summed E-state index contributed by atoms with van der Waals surface area (Å²) in [7, 11) is 0. The van der Waals surface area contributed by atoms with Crippen molar-refractivity contribution in [3.63, 3.8) is 0 Å². The zero-order valence-electron chi connectivity index (χ0n) is 12.8. The van der Waals surface area contributed by atoms with Crippen molar-refractivity contribution >= 4 is 11.6 Å². The smallest absolute Gasteiger partial charge is 0.271 e. The first-order valence-electron chi connectivity index (χ1n) is 7.04. The van der Waals surface area contributed by atoms with Crippen LogP contribution in [0.5, 0.6) is 5.75 Å². The molecule has 6 heteroatoms. The molecular weight excluding hydrogens is 302 g/mol. The van der Waals surface area contributed by atoms with Crippen molar-refractivity contribution in [3.8, 4) is 5.75 Å². The number of amides is 1. The zero-order valence-corrected chi connectivity index (χ0v) is 12.8. The lowest BCUT2D eigenvalue weighted by atomic mass is 10.1. The predicted octanol–water partition coefficient (Wildman–Crippen LogP) is 3.52. The molecule has 0 bridgehead atoms. The Labute approximate surface area is 132 Å². The van der Waals surface area contributed by atoms with Gasteiger partial charge in [-0.1, -0.05) is 6.07 Å². The monoisotopic (exact) mass is 318 g/mol. The van der Waals surface area contributed by atoms with Gasteiger partial charge in [-0.3, -0.25) is 4.79 Å². The summed E-state index contributed by atoms with van der Waals surface area (Å²) in [5.74, 6) is -1.30. The molecule has 0 aliphatic carbocycles. The molecule has 1 N–H and O–H groups in total. The molecule has 0 radical (unpaired) electrons. The highest BCUT2D eigenvalue weighted by molar-refractivity contribution is 6.01. The van der Waals surface area contributed by atoms with Crippen molar-refractivity contribution in [1.29, 1.82) is 0 Å². The van der Waals surface area contributed by atoms with Gasteiger partial charge in [0.25, 0.3) is 5.91 Å². The van der Waals surface area contributed by atoms with Gasteiger partial charge in [-0.25, -0.2) is 14.2 Å². The van der Waals surface area contributed by atoms with E-state index in [4.69, 9.17) is 4.74 Å². The summed E-state index contributed by atoms with van der Waals surface area (Å²) in [6.07, 6.45) is 0. The number of rotatable bonds is 5. The second-order valence-corrected chi connectivity index (χ2v) is 4.69. The normalized spacial score (nSPS) is 11.2. The van der Waals surface area contributed by atoms with Crippen LogP contribution in [0.25, 0.3) is 0 Å². The van der Waals surface area contributed by atoms with Crippen LogP contribution in [0.3, 0.4) is 0 Å². The highest BCUT2D eigenvalue weighted by Gasteiger charge is 2.12. The van der Waals surface area contributed by atoms with Gasteiger partial charge in [-0.15, -0.1) is 0 Å². The maximum absolute atomic E-state index is 13.6. The van der Waals surface area contributed by atoms with E-state index in [0.29, 0.717) is 17.9 Å². The summed E-state index contributed by atoms with van der Waals surface area (Å²) >= 11 is 0. The maximum atomic E-state index is 13.6. The van der Waals surface area contributed by atoms with Crippen LogP contribution in [0, 0.1) is 11.6 Å². The van der Waals surface area contributed by atoms with Crippen LogP contribution in [0.15, 0.2) is 47.6 Å². The fourth-order valence-corrected chi connectivity index (χ4v) is 1.97. The van der Waals surface area contributed by atoms with Gasteiger partial charge in [-0.2, -0.15) is 5.10 Å². The van der Waals surface area contributed by atoms with Crippen LogP contribution in [0.1, 0.15) is 29.8 Å². The Morgan fingerprint density at radius 1 is 1.13 bits per heavy atom. The molecule has 0 atom stereocenters. The third-order valence-corrected chi connectivity index (χ3v) is 3.08. The fraction of sp³-hybridized carbons (Fsp3) is 0.176. The second-order valence-electron chi connectivity index (χ2n) is 4.69. The van der Waals surface area contributed by atoms with E-state index < -0.39 is 17.5 Å². The van der Waals surface area contributed by atoms with Crippen LogP contribution in [-0.4, -0.2) is 18.2 Å². The highest BCUT2D eigenvalue weighted by Crippen LogP contribution is 2.14. The lowest BCUT2D eigenvalue weighted by Gasteiger charge is -2.06. The van der Waals surface area contributed by atoms with Gasteiger partial charge in [0, 0.05) is 5.56 Å². The Balaban J connectivity index is 2.11. The first-order chi connectivity index (χ1) is 11.0. The summed E-state index contributed by atoms with van der Waals surface area (Å²) < 4.78 is 32.5. The van der Waals surface area contributed by atoms with Crippen molar-refractivity contribution in [1.82, 2.24) is 5.43 Å². The summed E-state index contributed by atoms with van der Waals surface area (Å²) in [6, 6.07) is 10.00. The number of hydrogen-bond donors (Lipinski definition) is 1. The third-order valence-electron chi connectivity index (χ3n) is 3.08. The average Bonchev–Trinajstić information content (AvgIpc) is 2.53. The molecule has 2 rings (SSSR count). The molecule has 0 saturated carbocycles. The Hall–Kier alpha value is -2.76. The van der Waals surface area contributed by atoms with Crippen LogP contribution in [0.2, 0.25) is 0 Å². The SMILES string of the molecule is CCOc1ccc(C(=O)N/N=C(/C)c2c(F)cccc2F)cc1. The first kappa shape index (κ1) is 16.6. The van der Waals surface area contributed by atoms with Gasteiger partial charge in [0.15, 0.2) is 0 Å². The minimum absolute atomic E-state index is 0.0416. The van der Waals surface area contributed by atoms with Crippen LogP contribution in [0.4, 0.5) is 8.78 Å². The first-order valence-corrected chi connectivity index (χ1v) is 7.04. The van der Waals surface area contributed by atoms with Gasteiger partial charge in [0.2, 0.25) is 0 Å². The minimum atomic E-state index is -0.735. The third kappa shape index (κ3) is 4.12. The van der Waals surface area contributed by atoms with Gasteiger partial charge in [-0.05, 0) is 50.2 Å². The molecule has 0 aromatic heterocycles. The molecule has 0 aliphatic rings. The van der Waals surface area contributed by atoms with E-state index >= 15 is 0 Å². The molecule has 0 spiro atoms. The van der Waals surface area contributed by atoms with Gasteiger partial charge >= 0.3 is 0 Å². The molecular formula is C17H16F2N2O2. The van der Waals surface area contributed by atoms with Crippen molar-refractivity contribution in [3.05, 3.63) is 65.2 Å². The Morgan fingerprint density at radius 3 is 2.30 bits per heavy atom. The Kier molecular flexibility index (Phi) is 5.41. The van der Waals surface area contributed by atoms with E-state index in [1.807, 2.05) is 6.92 Å². The maximum Gasteiger partial charge on any atom is 0.271 e. The summed E-state index contributed by atoms with van der Waals surface area (Å²) in [5, 5.41) is 3.76. The average molecular weight is 318 g/mol. The predicted molar refractivity (Wildman–Crippen MR) is 83.6 cm³/mol. The summed E-state index contributed by atoms with van der Waals surface area (Å²) in [4.78, 5) is 12.0. The summed E-state index contributed by atoms with van der Waals surface area (Å²) in [5.41, 5.74) is 2.42. The molecule has 4 nitrogen and oxygen atoms in total. The molecule has 0 heterocycles. The number of halogens is 2. The molecule has 0 saturated heterocycles. The number of benzene rings is 2. The molecule has 2 aromatic carbocycles. The molecule has 23 heavy (non-hydrogen) atoms. The molecule has 0 fully saturated rings. The molecule has 0 unspecified atom stereocenters. The zero-order chi connectivity index (χ0) is 16.8. The number of ether oxygens (including phenoxy) is 1. The van der Waals surface area contributed by atoms with Crippen LogP contribution >= 0.6 is 0 Å². The van der Waals surface area contributed by atoms with E-state index in [0.717, 1.165) is 12.1 Å². The highest BCUT2D eigenvalue weighted by atomic mass is 19.1. The Bertz CT molecular complexity index is 708. The molecule has 2 aromatic rings. The summed E-state index contributed by atoms with van der Waals surface area (Å²) in [6.45, 7) is 3.81. The van der Waals surface area contributed by atoms with Crippen LogP contribution in [-0.2, 0) is 0 Å². The van der Waals surface area contributed by atoms with Crippen molar-refractivity contribution in [2.24, 2.45) is 5.10 Å². The van der Waals surface area contributed by atoms with E-state index in [-0.39, 0.29) is 11.3 Å². The lowest BCUT2D eigenvalue weighted by Crippen LogP contribution is -2.20. The molecule has 0 aliphatic heterocycles. The van der Waals surface area contributed by atoms with Gasteiger partial charge in [0.1, 0.15) is 17.4 Å². The van der Waals surface area contributed by atoms with Crippen molar-refractivity contribution in [2.45, 2.75) is 13.8 Å². The quantitative estimate of drug-likeness (QED) is 0.677. The van der Waals surface area contributed by atoms with Gasteiger partial charge < -0.3 is 4.74 Å². The van der Waals surface area contributed by atoms with E-state index in [1.54, 1.807) is 24.3 Å². The molecule has 120 valence electrons. The topological polar surface area (TPSA) is 50.7 Å². The second kappa shape index (κ2) is 7.49. The number of nitrogens with zero attached hydrogens (tertiary/aromatic N) is 1. The molecule has 1 amide bonds. The standard InChI is InChI=1S/C17H16F2N2O2/c1-3-23-13-9-7-12(8-10-13)17(22)21-20-11(2)16-14(18)5-4-6-15(16)19/h4-10H,3H2,1-2H3,(H,21,22)/b20-11-. The Morgan fingerprint density at radius 2 is 1.74 bits per heavy atom. The van der Waals surface area contributed by atoms with Crippen LogP contribution < -0.4 is 10.2 Å². The number of hydrazone groups is 1. The van der Waals surface area contributed by atoms with E-state index in [9.17, 15) is 13.6 Å². The number of carbonyl (C=O) groups is 1. The van der Waals surface area contributed by atoms with E-state index in [1.165, 1.54) is 13.0 Å². The largest absolute Gasteiger partial charge is 0.494 e. The van der Waals surface area contributed by atoms with Crippen molar-refractivity contribution < 1.29 is 18.3 Å². The number of hydrogen-bond acceptors (Lipinski definition) is 3. The number of nitrogens with one attached hydrogen (secondary N) is 1. The van der Waals surface area contributed by atoms with E-state index in [2.05, 4.69) is 10.5 Å². The van der Waals surface area contributed by atoms with Crippen molar-refractivity contribution in [2.75, 3.05) is 6.61 Å². The number of carbonyl (C=O) groups excluding carboxylic acids is 1. The fourth-order valence-electron chi connectivity index (χ4n) is 1.97. The van der Waals surface area contributed by atoms with Gasteiger partial charge in [0.05, 0.1) is 17.9 Å². The minimum Gasteiger partial charge on any atom is -0.494 e. The lowest BCUT2D eigenvalue weighted by molar-refractivity contribution is 0.0954.